The van der Waals surface area contributed by atoms with Crippen LogP contribution in [0, 0.1) is 5.92 Å². The molecule has 30 heavy (non-hydrogen) atoms. The Morgan fingerprint density at radius 3 is 2.33 bits per heavy atom. The van der Waals surface area contributed by atoms with Crippen LogP contribution in [0.4, 0.5) is 17.6 Å². The fraction of sp³-hybridized carbons (Fsp3) is 0.778. The van der Waals surface area contributed by atoms with Gasteiger partial charge in [-0.3, -0.25) is 23.9 Å². The summed E-state index contributed by atoms with van der Waals surface area (Å²) in [6, 6.07) is -0.818. The van der Waals surface area contributed by atoms with E-state index in [1.54, 1.807) is 0 Å². The molecule has 1 saturated carbocycles. The van der Waals surface area contributed by atoms with E-state index in [1.165, 1.54) is 4.90 Å². The normalized spacial score (nSPS) is 24.4. The molecular weight excluding hydrogens is 414 g/mol. The number of hydrogen-bond acceptors (Lipinski definition) is 5. The molecule has 2 N–H and O–H groups in total. The second-order valence-corrected chi connectivity index (χ2v) is 7.40. The van der Waals surface area contributed by atoms with Gasteiger partial charge in [-0.05, 0) is 32.1 Å². The van der Waals surface area contributed by atoms with Gasteiger partial charge < -0.3 is 15.5 Å². The lowest BCUT2D eigenvalue weighted by Crippen LogP contribution is -2.50. The summed E-state index contributed by atoms with van der Waals surface area (Å²) >= 11 is 0. The number of halogens is 4. The zero-order valence-electron chi connectivity index (χ0n) is 16.3. The number of rotatable bonds is 8. The lowest BCUT2D eigenvalue weighted by molar-refractivity contribution is -0.346. The number of amides is 3. The Bertz CT molecular complexity index is 658. The van der Waals surface area contributed by atoms with Gasteiger partial charge in [0.1, 0.15) is 12.7 Å². The van der Waals surface area contributed by atoms with Crippen molar-refractivity contribution in [3.63, 3.8) is 0 Å². The molecule has 2 rings (SSSR count). The molecule has 2 fully saturated rings. The summed E-state index contributed by atoms with van der Waals surface area (Å²) in [7, 11) is 0. The molecule has 12 heteroatoms. The molecule has 3 atom stereocenters. The van der Waals surface area contributed by atoms with Gasteiger partial charge in [-0.2, -0.15) is 0 Å². The van der Waals surface area contributed by atoms with Gasteiger partial charge in [0.05, 0.1) is 19.2 Å². The highest BCUT2D eigenvalue weighted by Gasteiger charge is 2.38. The lowest BCUT2D eigenvalue weighted by atomic mass is 9.86. The number of Topliss-reactive ketones (excluding diaryl/α,β-unsaturated/α-hetero) is 1. The molecule has 0 aromatic carbocycles. The van der Waals surface area contributed by atoms with Crippen LogP contribution < -0.4 is 10.6 Å². The number of carbonyl (C=O) groups is 4. The molecule has 1 aliphatic heterocycles. The zero-order valence-corrected chi connectivity index (χ0v) is 16.3. The Morgan fingerprint density at radius 1 is 0.967 bits per heavy atom. The minimum atomic E-state index is -4.76. The smallest absolute Gasteiger partial charge is 0.347 e. The van der Waals surface area contributed by atoms with E-state index in [1.807, 2.05) is 0 Å². The van der Waals surface area contributed by atoms with Gasteiger partial charge in [0, 0.05) is 12.5 Å². The van der Waals surface area contributed by atoms with E-state index in [0.29, 0.717) is 25.7 Å². The summed E-state index contributed by atoms with van der Waals surface area (Å²) in [6.07, 6.45) is -4.02. The van der Waals surface area contributed by atoms with E-state index < -0.39 is 67.7 Å². The Kier molecular flexibility index (Phi) is 8.56. The number of hydrogen-bond donors (Lipinski definition) is 2. The Hall–Kier alpha value is -2.24. The molecule has 0 radical (unpaired) electrons. The van der Waals surface area contributed by atoms with Crippen LogP contribution in [0.25, 0.3) is 0 Å². The van der Waals surface area contributed by atoms with Crippen LogP contribution in [0.2, 0.25) is 0 Å². The van der Waals surface area contributed by atoms with Gasteiger partial charge in [0.15, 0.2) is 5.78 Å². The molecule has 8 nitrogen and oxygen atoms in total. The van der Waals surface area contributed by atoms with Crippen molar-refractivity contribution in [3.8, 4) is 0 Å². The van der Waals surface area contributed by atoms with Crippen LogP contribution in [0.15, 0.2) is 0 Å². The van der Waals surface area contributed by atoms with E-state index in [2.05, 4.69) is 15.4 Å². The second-order valence-electron chi connectivity index (χ2n) is 7.40. The first-order valence-corrected chi connectivity index (χ1v) is 9.77. The predicted octanol–water partition coefficient (Wildman–Crippen LogP) is 0.844. The Balaban J connectivity index is 1.81. The molecule has 3 amide bonds. The summed E-state index contributed by atoms with van der Waals surface area (Å²) in [5, 5.41) is 4.71. The highest BCUT2D eigenvalue weighted by Crippen LogP contribution is 2.31. The SMILES string of the molecule is O=C(CF)CNC(=O)[C@@H]1CCCN1C(=O)CNC(=O)C1CCCC(OC(F)(F)F)C1. The van der Waals surface area contributed by atoms with Crippen LogP contribution >= 0.6 is 0 Å². The molecular formula is C18H25F4N3O5. The molecule has 2 unspecified atom stereocenters. The first kappa shape index (κ1) is 24.0. The van der Waals surface area contributed by atoms with Crippen molar-refractivity contribution in [1.29, 1.82) is 0 Å². The molecule has 2 aliphatic rings. The second kappa shape index (κ2) is 10.7. The van der Waals surface area contributed by atoms with Crippen molar-refractivity contribution in [3.05, 3.63) is 0 Å². The van der Waals surface area contributed by atoms with Gasteiger partial charge in [-0.15, -0.1) is 13.2 Å². The third-order valence-corrected chi connectivity index (χ3v) is 5.20. The quantitative estimate of drug-likeness (QED) is 0.546. The van der Waals surface area contributed by atoms with Crippen LogP contribution in [-0.4, -0.2) is 73.2 Å². The number of alkyl halides is 4. The first-order chi connectivity index (χ1) is 14.1. The number of nitrogens with zero attached hydrogens (tertiary/aromatic N) is 1. The molecule has 0 aromatic heterocycles. The van der Waals surface area contributed by atoms with Crippen molar-refractivity contribution >= 4 is 23.5 Å². The minimum Gasteiger partial charge on any atom is -0.347 e. The van der Waals surface area contributed by atoms with Gasteiger partial charge >= 0.3 is 6.36 Å². The maximum absolute atomic E-state index is 12.4. The van der Waals surface area contributed by atoms with Crippen molar-refractivity contribution in [2.45, 2.75) is 57.0 Å². The lowest BCUT2D eigenvalue weighted by Gasteiger charge is -2.29. The minimum absolute atomic E-state index is 0.0864. The van der Waals surface area contributed by atoms with E-state index in [9.17, 15) is 36.7 Å². The maximum atomic E-state index is 12.4. The fourth-order valence-electron chi connectivity index (χ4n) is 3.78. The van der Waals surface area contributed by atoms with Gasteiger partial charge in [-0.25, -0.2) is 4.39 Å². The zero-order chi connectivity index (χ0) is 22.3. The Morgan fingerprint density at radius 2 is 1.67 bits per heavy atom. The number of ketones is 1. The fourth-order valence-corrected chi connectivity index (χ4v) is 3.78. The average Bonchev–Trinajstić information content (AvgIpc) is 3.18. The highest BCUT2D eigenvalue weighted by atomic mass is 19.4. The molecule has 170 valence electrons. The van der Waals surface area contributed by atoms with E-state index in [0.717, 1.165) is 0 Å². The monoisotopic (exact) mass is 439 g/mol. The van der Waals surface area contributed by atoms with Crippen molar-refractivity contribution < 1.29 is 41.5 Å². The number of ether oxygens (including phenoxy) is 1. The van der Waals surface area contributed by atoms with Crippen molar-refractivity contribution in [2.75, 3.05) is 26.3 Å². The average molecular weight is 439 g/mol. The Labute approximate surface area is 170 Å². The molecule has 0 bridgehead atoms. The van der Waals surface area contributed by atoms with Crippen molar-refractivity contribution in [2.24, 2.45) is 5.92 Å². The van der Waals surface area contributed by atoms with Crippen LogP contribution in [0.1, 0.15) is 38.5 Å². The van der Waals surface area contributed by atoms with Crippen LogP contribution in [0.3, 0.4) is 0 Å². The largest absolute Gasteiger partial charge is 0.522 e. The number of carbonyl (C=O) groups excluding carboxylic acids is 4. The van der Waals surface area contributed by atoms with Gasteiger partial charge in [-0.1, -0.05) is 6.42 Å². The number of nitrogens with one attached hydrogen (secondary N) is 2. The topological polar surface area (TPSA) is 105 Å². The molecule has 1 heterocycles. The van der Waals surface area contributed by atoms with E-state index in [4.69, 9.17) is 0 Å². The van der Waals surface area contributed by atoms with Gasteiger partial charge in [0.25, 0.3) is 0 Å². The molecule has 1 aliphatic carbocycles. The summed E-state index contributed by atoms with van der Waals surface area (Å²) in [5.41, 5.74) is 0. The maximum Gasteiger partial charge on any atom is 0.522 e. The van der Waals surface area contributed by atoms with Crippen molar-refractivity contribution in [1.82, 2.24) is 15.5 Å². The third kappa shape index (κ3) is 7.22. The molecule has 1 saturated heterocycles. The first-order valence-electron chi connectivity index (χ1n) is 9.77. The predicted molar refractivity (Wildman–Crippen MR) is 94.6 cm³/mol. The number of likely N-dealkylation sites (tertiary alicyclic amines) is 1. The third-order valence-electron chi connectivity index (χ3n) is 5.20. The highest BCUT2D eigenvalue weighted by molar-refractivity contribution is 5.93. The summed E-state index contributed by atoms with van der Waals surface area (Å²) in [5.74, 6) is -3.10. The van der Waals surface area contributed by atoms with Gasteiger partial charge in [0.2, 0.25) is 17.7 Å². The van der Waals surface area contributed by atoms with E-state index >= 15 is 0 Å². The molecule has 0 aromatic rings. The standard InChI is InChI=1S/C18H25F4N3O5/c19-8-12(26)9-23-17(29)14-5-2-6-25(14)15(27)10-24-16(28)11-3-1-4-13(7-11)30-18(20,21)22/h11,13-14H,1-10H2,(H,23,29)(H,24,28)/t11?,13?,14-/m0/s1. The molecule has 0 spiro atoms. The summed E-state index contributed by atoms with van der Waals surface area (Å²) < 4.78 is 53.3. The summed E-state index contributed by atoms with van der Waals surface area (Å²) in [6.45, 7) is -1.77. The summed E-state index contributed by atoms with van der Waals surface area (Å²) in [4.78, 5) is 49.1. The van der Waals surface area contributed by atoms with Crippen LogP contribution in [-0.2, 0) is 23.9 Å². The van der Waals surface area contributed by atoms with Crippen LogP contribution in [0.5, 0.6) is 0 Å². The van der Waals surface area contributed by atoms with E-state index in [-0.39, 0.29) is 19.4 Å².